The molecule has 0 saturated heterocycles. The summed E-state index contributed by atoms with van der Waals surface area (Å²) in [4.78, 5) is 20.6. The molecular formula is C21H21N3O3. The lowest BCUT2D eigenvalue weighted by Gasteiger charge is -2.21. The molecule has 2 N–H and O–H groups in total. The van der Waals surface area contributed by atoms with Gasteiger partial charge in [0.2, 0.25) is 5.91 Å². The highest BCUT2D eigenvalue weighted by Crippen LogP contribution is 2.47. The minimum atomic E-state index is -0.0924. The van der Waals surface area contributed by atoms with E-state index < -0.39 is 0 Å². The van der Waals surface area contributed by atoms with Crippen molar-refractivity contribution < 1.29 is 14.3 Å². The third-order valence-corrected chi connectivity index (χ3v) is 5.31. The van der Waals surface area contributed by atoms with Crippen LogP contribution in [0.3, 0.4) is 0 Å². The van der Waals surface area contributed by atoms with Crippen LogP contribution in [0, 0.1) is 5.92 Å². The van der Waals surface area contributed by atoms with Crippen LogP contribution in [0.2, 0.25) is 0 Å². The molecule has 1 saturated carbocycles. The van der Waals surface area contributed by atoms with Crippen LogP contribution in [0.5, 0.6) is 11.5 Å². The zero-order valence-electron chi connectivity index (χ0n) is 15.1. The summed E-state index contributed by atoms with van der Waals surface area (Å²) in [6.45, 7) is 3.11. The Labute approximate surface area is 156 Å². The standard InChI is InChI=1S/C21H21N3O3/c1-12(13-6-7-18-19(10-13)27-9-8-26-18)22-21(25)15-11-14(15)20-23-16-4-2-3-5-17(16)24-20/h2-7,10,12,14-15H,8-9,11H2,1H3,(H,22,25)(H,23,24)/t12-,14+,15+/m1/s1. The predicted octanol–water partition coefficient (Wildman–Crippen LogP) is 3.32. The van der Waals surface area contributed by atoms with Gasteiger partial charge in [-0.2, -0.15) is 0 Å². The Bertz CT molecular complexity index is 980. The molecule has 1 amide bonds. The Hall–Kier alpha value is -3.02. The number of carbonyl (C=O) groups is 1. The number of nitrogens with one attached hydrogen (secondary N) is 2. The number of imidazole rings is 1. The molecule has 1 aliphatic heterocycles. The molecule has 3 atom stereocenters. The van der Waals surface area contributed by atoms with E-state index in [-0.39, 0.29) is 23.8 Å². The van der Waals surface area contributed by atoms with Gasteiger partial charge in [0, 0.05) is 11.8 Å². The van der Waals surface area contributed by atoms with Gasteiger partial charge in [-0.3, -0.25) is 4.79 Å². The second-order valence-electron chi connectivity index (χ2n) is 7.22. The van der Waals surface area contributed by atoms with Crippen molar-refractivity contribution in [1.29, 1.82) is 0 Å². The first-order valence-electron chi connectivity index (χ1n) is 9.33. The number of fused-ring (bicyclic) bond motifs is 2. The zero-order chi connectivity index (χ0) is 18.4. The van der Waals surface area contributed by atoms with Crippen LogP contribution in [-0.2, 0) is 4.79 Å². The second-order valence-corrected chi connectivity index (χ2v) is 7.22. The number of rotatable bonds is 4. The zero-order valence-corrected chi connectivity index (χ0v) is 15.1. The quantitative estimate of drug-likeness (QED) is 0.746. The fourth-order valence-electron chi connectivity index (χ4n) is 3.67. The van der Waals surface area contributed by atoms with Crippen molar-refractivity contribution in [2.45, 2.75) is 25.3 Å². The molecule has 3 aromatic rings. The van der Waals surface area contributed by atoms with Gasteiger partial charge in [-0.1, -0.05) is 18.2 Å². The first-order chi connectivity index (χ1) is 13.2. The van der Waals surface area contributed by atoms with Crippen LogP contribution in [-0.4, -0.2) is 29.1 Å². The Kier molecular flexibility index (Phi) is 3.77. The number of para-hydroxylation sites is 2. The molecule has 2 aromatic carbocycles. The average molecular weight is 363 g/mol. The fraction of sp³-hybridized carbons (Fsp3) is 0.333. The van der Waals surface area contributed by atoms with E-state index in [0.717, 1.165) is 40.3 Å². The number of hydrogen-bond acceptors (Lipinski definition) is 4. The molecule has 2 aliphatic rings. The van der Waals surface area contributed by atoms with Crippen molar-refractivity contribution in [3.63, 3.8) is 0 Å². The second kappa shape index (κ2) is 6.30. The smallest absolute Gasteiger partial charge is 0.224 e. The number of aromatic amines is 1. The summed E-state index contributed by atoms with van der Waals surface area (Å²) in [5.41, 5.74) is 2.97. The summed E-state index contributed by atoms with van der Waals surface area (Å²) in [6, 6.07) is 13.7. The average Bonchev–Trinajstić information content (AvgIpc) is 3.39. The lowest BCUT2D eigenvalue weighted by molar-refractivity contribution is -0.123. The van der Waals surface area contributed by atoms with Gasteiger partial charge in [0.1, 0.15) is 19.0 Å². The van der Waals surface area contributed by atoms with Gasteiger partial charge in [0.15, 0.2) is 11.5 Å². The number of H-pyrrole nitrogens is 1. The number of hydrogen-bond donors (Lipinski definition) is 2. The molecule has 6 heteroatoms. The molecule has 0 spiro atoms. The van der Waals surface area contributed by atoms with Gasteiger partial charge in [0.05, 0.1) is 17.1 Å². The molecule has 2 heterocycles. The number of benzene rings is 2. The maximum atomic E-state index is 12.7. The summed E-state index contributed by atoms with van der Waals surface area (Å²) in [6.07, 6.45) is 0.833. The van der Waals surface area contributed by atoms with Crippen LogP contribution in [0.15, 0.2) is 42.5 Å². The number of aromatic nitrogens is 2. The predicted molar refractivity (Wildman–Crippen MR) is 101 cm³/mol. The Balaban J connectivity index is 1.25. The topological polar surface area (TPSA) is 76.2 Å². The van der Waals surface area contributed by atoms with Gasteiger partial charge in [-0.15, -0.1) is 0 Å². The van der Waals surface area contributed by atoms with E-state index in [1.165, 1.54) is 0 Å². The van der Waals surface area contributed by atoms with E-state index in [4.69, 9.17) is 9.47 Å². The monoisotopic (exact) mass is 363 g/mol. The van der Waals surface area contributed by atoms with E-state index >= 15 is 0 Å². The molecule has 5 rings (SSSR count). The lowest BCUT2D eigenvalue weighted by atomic mass is 10.1. The Morgan fingerprint density at radius 1 is 1.19 bits per heavy atom. The minimum absolute atomic E-state index is 0.0229. The molecule has 1 aliphatic carbocycles. The van der Waals surface area contributed by atoms with Crippen molar-refractivity contribution >= 4 is 16.9 Å². The van der Waals surface area contributed by atoms with Crippen molar-refractivity contribution in [2.24, 2.45) is 5.92 Å². The molecule has 0 radical (unpaired) electrons. The van der Waals surface area contributed by atoms with E-state index in [1.807, 2.05) is 49.4 Å². The van der Waals surface area contributed by atoms with E-state index in [1.54, 1.807) is 0 Å². The van der Waals surface area contributed by atoms with Gasteiger partial charge in [0.25, 0.3) is 0 Å². The van der Waals surface area contributed by atoms with Gasteiger partial charge < -0.3 is 19.8 Å². The number of carbonyl (C=O) groups excluding carboxylic acids is 1. The molecule has 138 valence electrons. The van der Waals surface area contributed by atoms with Crippen LogP contribution < -0.4 is 14.8 Å². The Morgan fingerprint density at radius 2 is 2.00 bits per heavy atom. The number of nitrogens with zero attached hydrogens (tertiary/aromatic N) is 1. The van der Waals surface area contributed by atoms with Crippen molar-refractivity contribution in [3.8, 4) is 11.5 Å². The number of ether oxygens (including phenoxy) is 2. The molecule has 1 aromatic heterocycles. The third-order valence-electron chi connectivity index (χ3n) is 5.31. The summed E-state index contributed by atoms with van der Waals surface area (Å²) in [5, 5.41) is 3.12. The molecule has 27 heavy (non-hydrogen) atoms. The molecular weight excluding hydrogens is 342 g/mol. The molecule has 0 unspecified atom stereocenters. The van der Waals surface area contributed by atoms with Gasteiger partial charge >= 0.3 is 0 Å². The highest BCUT2D eigenvalue weighted by atomic mass is 16.6. The van der Waals surface area contributed by atoms with Gasteiger partial charge in [-0.25, -0.2) is 4.98 Å². The van der Waals surface area contributed by atoms with Crippen LogP contribution >= 0.6 is 0 Å². The minimum Gasteiger partial charge on any atom is -0.486 e. The van der Waals surface area contributed by atoms with Gasteiger partial charge in [-0.05, 0) is 43.2 Å². The first kappa shape index (κ1) is 16.2. The van der Waals surface area contributed by atoms with Crippen molar-refractivity contribution in [1.82, 2.24) is 15.3 Å². The van der Waals surface area contributed by atoms with E-state index in [2.05, 4.69) is 15.3 Å². The van der Waals surface area contributed by atoms with Crippen LogP contribution in [0.4, 0.5) is 0 Å². The molecule has 0 bridgehead atoms. The SMILES string of the molecule is C[C@@H](NC(=O)[C@H]1C[C@@H]1c1nc2ccccc2[nH]1)c1ccc2c(c1)OCCO2. The summed E-state index contributed by atoms with van der Waals surface area (Å²) >= 11 is 0. The first-order valence-corrected chi connectivity index (χ1v) is 9.33. The van der Waals surface area contributed by atoms with Crippen LogP contribution in [0.25, 0.3) is 11.0 Å². The highest BCUT2D eigenvalue weighted by Gasteiger charge is 2.46. The fourth-order valence-corrected chi connectivity index (χ4v) is 3.67. The largest absolute Gasteiger partial charge is 0.486 e. The van der Waals surface area contributed by atoms with Crippen LogP contribution in [0.1, 0.15) is 36.7 Å². The maximum Gasteiger partial charge on any atom is 0.224 e. The van der Waals surface area contributed by atoms with Crippen molar-refractivity contribution in [3.05, 3.63) is 53.9 Å². The summed E-state index contributed by atoms with van der Waals surface area (Å²) in [7, 11) is 0. The normalized spacial score (nSPS) is 21.7. The highest BCUT2D eigenvalue weighted by molar-refractivity contribution is 5.83. The van der Waals surface area contributed by atoms with E-state index in [9.17, 15) is 4.79 Å². The molecule has 6 nitrogen and oxygen atoms in total. The third kappa shape index (κ3) is 3.01. The maximum absolute atomic E-state index is 12.7. The summed E-state index contributed by atoms with van der Waals surface area (Å²) < 4.78 is 11.2. The molecule has 1 fully saturated rings. The summed E-state index contributed by atoms with van der Waals surface area (Å²) in [5.74, 6) is 2.63. The van der Waals surface area contributed by atoms with E-state index in [0.29, 0.717) is 13.2 Å². The number of amides is 1. The van der Waals surface area contributed by atoms with Crippen molar-refractivity contribution in [2.75, 3.05) is 13.2 Å². The lowest BCUT2D eigenvalue weighted by Crippen LogP contribution is -2.28. The Morgan fingerprint density at radius 3 is 2.85 bits per heavy atom.